The maximum Gasteiger partial charge on any atom is 0.120 e. The highest BCUT2D eigenvalue weighted by Gasteiger charge is 2.10. The zero-order valence-electron chi connectivity index (χ0n) is 9.12. The summed E-state index contributed by atoms with van der Waals surface area (Å²) in [5, 5.41) is 13.1. The van der Waals surface area contributed by atoms with Crippen LogP contribution in [0.25, 0.3) is 0 Å². The molecule has 1 rings (SSSR count). The Kier molecular flexibility index (Phi) is 3.96. The highest BCUT2D eigenvalue weighted by molar-refractivity contribution is 5.34. The Morgan fingerprint density at radius 3 is 2.50 bits per heavy atom. The van der Waals surface area contributed by atoms with E-state index in [0.29, 0.717) is 11.8 Å². The third-order valence-electron chi connectivity index (χ3n) is 2.55. The van der Waals surface area contributed by atoms with Gasteiger partial charge in [-0.3, -0.25) is 0 Å². The standard InChI is InChI=1S/C12H19NO/c1-4-9(2)13-10(3)11-7-5-6-8-12(11)14/h5-10,13-14H,4H2,1-3H3. The zero-order chi connectivity index (χ0) is 10.6. The summed E-state index contributed by atoms with van der Waals surface area (Å²) in [4.78, 5) is 0. The summed E-state index contributed by atoms with van der Waals surface area (Å²) in [7, 11) is 0. The molecule has 2 heteroatoms. The van der Waals surface area contributed by atoms with Crippen LogP contribution in [0.4, 0.5) is 0 Å². The Morgan fingerprint density at radius 2 is 1.93 bits per heavy atom. The Bertz CT molecular complexity index is 285. The van der Waals surface area contributed by atoms with Crippen molar-refractivity contribution in [3.8, 4) is 5.75 Å². The van der Waals surface area contributed by atoms with E-state index in [1.165, 1.54) is 0 Å². The van der Waals surface area contributed by atoms with Crippen molar-refractivity contribution in [3.05, 3.63) is 29.8 Å². The number of nitrogens with one attached hydrogen (secondary N) is 1. The third-order valence-corrected chi connectivity index (χ3v) is 2.55. The Balaban J connectivity index is 2.69. The van der Waals surface area contributed by atoms with Crippen molar-refractivity contribution in [1.29, 1.82) is 0 Å². The number of hydrogen-bond acceptors (Lipinski definition) is 2. The van der Waals surface area contributed by atoms with Gasteiger partial charge in [0.2, 0.25) is 0 Å². The average Bonchev–Trinajstić information content (AvgIpc) is 2.18. The minimum Gasteiger partial charge on any atom is -0.508 e. The highest BCUT2D eigenvalue weighted by atomic mass is 16.3. The molecule has 0 spiro atoms. The SMILES string of the molecule is CCC(C)NC(C)c1ccccc1O. The van der Waals surface area contributed by atoms with Gasteiger partial charge in [-0.25, -0.2) is 0 Å². The van der Waals surface area contributed by atoms with Gasteiger partial charge in [0.1, 0.15) is 5.75 Å². The van der Waals surface area contributed by atoms with Crippen molar-refractivity contribution in [2.45, 2.75) is 39.3 Å². The molecule has 14 heavy (non-hydrogen) atoms. The summed E-state index contributed by atoms with van der Waals surface area (Å²) in [6, 6.07) is 8.15. The molecule has 78 valence electrons. The van der Waals surface area contributed by atoms with Crippen LogP contribution in [-0.2, 0) is 0 Å². The van der Waals surface area contributed by atoms with Gasteiger partial charge in [0.25, 0.3) is 0 Å². The molecule has 0 aliphatic heterocycles. The lowest BCUT2D eigenvalue weighted by molar-refractivity contribution is 0.430. The molecule has 2 unspecified atom stereocenters. The molecule has 0 bridgehead atoms. The van der Waals surface area contributed by atoms with Crippen molar-refractivity contribution >= 4 is 0 Å². The second-order valence-corrected chi connectivity index (χ2v) is 3.76. The van der Waals surface area contributed by atoms with E-state index in [1.807, 2.05) is 18.2 Å². The van der Waals surface area contributed by atoms with Crippen LogP contribution in [0.3, 0.4) is 0 Å². The van der Waals surface area contributed by atoms with E-state index in [0.717, 1.165) is 12.0 Å². The fraction of sp³-hybridized carbons (Fsp3) is 0.500. The number of rotatable bonds is 4. The minimum absolute atomic E-state index is 0.200. The summed E-state index contributed by atoms with van der Waals surface area (Å²) in [5.41, 5.74) is 0.966. The smallest absolute Gasteiger partial charge is 0.120 e. The molecule has 0 heterocycles. The summed E-state index contributed by atoms with van der Waals surface area (Å²) >= 11 is 0. The number of hydrogen-bond donors (Lipinski definition) is 2. The van der Waals surface area contributed by atoms with E-state index >= 15 is 0 Å². The quantitative estimate of drug-likeness (QED) is 0.770. The fourth-order valence-electron chi connectivity index (χ4n) is 1.49. The predicted octanol–water partition coefficient (Wildman–Crippen LogP) is 2.84. The maximum atomic E-state index is 9.63. The number of benzene rings is 1. The van der Waals surface area contributed by atoms with Crippen LogP contribution in [0, 0.1) is 0 Å². The van der Waals surface area contributed by atoms with Crippen LogP contribution in [0.2, 0.25) is 0 Å². The Labute approximate surface area is 86.0 Å². The molecule has 1 aromatic carbocycles. The normalized spacial score (nSPS) is 15.1. The molecule has 0 saturated heterocycles. The molecular weight excluding hydrogens is 174 g/mol. The summed E-state index contributed by atoms with van der Waals surface area (Å²) < 4.78 is 0. The van der Waals surface area contributed by atoms with Gasteiger partial charge in [0, 0.05) is 17.6 Å². The van der Waals surface area contributed by atoms with Gasteiger partial charge in [-0.05, 0) is 26.3 Å². The molecule has 0 fully saturated rings. The van der Waals surface area contributed by atoms with Gasteiger partial charge in [0.15, 0.2) is 0 Å². The van der Waals surface area contributed by atoms with Crippen LogP contribution >= 0.6 is 0 Å². The third kappa shape index (κ3) is 2.74. The molecule has 2 N–H and O–H groups in total. The molecule has 0 aromatic heterocycles. The van der Waals surface area contributed by atoms with Gasteiger partial charge in [-0.15, -0.1) is 0 Å². The van der Waals surface area contributed by atoms with Gasteiger partial charge in [0.05, 0.1) is 0 Å². The van der Waals surface area contributed by atoms with E-state index in [2.05, 4.69) is 26.1 Å². The van der Waals surface area contributed by atoms with Crippen molar-refractivity contribution in [2.75, 3.05) is 0 Å². The predicted molar refractivity (Wildman–Crippen MR) is 59.4 cm³/mol. The van der Waals surface area contributed by atoms with E-state index in [9.17, 15) is 5.11 Å². The van der Waals surface area contributed by atoms with Crippen LogP contribution < -0.4 is 5.32 Å². The lowest BCUT2D eigenvalue weighted by Crippen LogP contribution is -2.28. The van der Waals surface area contributed by atoms with Crippen LogP contribution in [0.15, 0.2) is 24.3 Å². The van der Waals surface area contributed by atoms with Crippen molar-refractivity contribution in [1.82, 2.24) is 5.32 Å². The van der Waals surface area contributed by atoms with Crippen molar-refractivity contribution in [3.63, 3.8) is 0 Å². The first-order valence-electron chi connectivity index (χ1n) is 5.19. The Morgan fingerprint density at radius 1 is 1.29 bits per heavy atom. The first kappa shape index (κ1) is 11.1. The second kappa shape index (κ2) is 5.01. The number of para-hydroxylation sites is 1. The fourth-order valence-corrected chi connectivity index (χ4v) is 1.49. The molecule has 2 nitrogen and oxygen atoms in total. The van der Waals surface area contributed by atoms with Crippen molar-refractivity contribution in [2.24, 2.45) is 0 Å². The molecule has 0 amide bonds. The highest BCUT2D eigenvalue weighted by Crippen LogP contribution is 2.23. The summed E-state index contributed by atoms with van der Waals surface area (Å²) in [6.07, 6.45) is 1.10. The molecule has 0 aliphatic rings. The zero-order valence-corrected chi connectivity index (χ0v) is 9.12. The molecule has 0 aliphatic carbocycles. The van der Waals surface area contributed by atoms with E-state index in [-0.39, 0.29) is 6.04 Å². The van der Waals surface area contributed by atoms with Crippen LogP contribution in [-0.4, -0.2) is 11.1 Å². The molecule has 0 saturated carbocycles. The average molecular weight is 193 g/mol. The van der Waals surface area contributed by atoms with Gasteiger partial charge in [-0.2, -0.15) is 0 Å². The van der Waals surface area contributed by atoms with Gasteiger partial charge >= 0.3 is 0 Å². The second-order valence-electron chi connectivity index (χ2n) is 3.76. The molecule has 1 aromatic rings. The Hall–Kier alpha value is -1.02. The van der Waals surface area contributed by atoms with Crippen LogP contribution in [0.1, 0.15) is 38.8 Å². The van der Waals surface area contributed by atoms with Gasteiger partial charge in [-0.1, -0.05) is 25.1 Å². The van der Waals surface area contributed by atoms with Gasteiger partial charge < -0.3 is 10.4 Å². The monoisotopic (exact) mass is 193 g/mol. The first-order chi connectivity index (χ1) is 6.65. The maximum absolute atomic E-state index is 9.63. The molecule has 0 radical (unpaired) electrons. The molecular formula is C12H19NO. The van der Waals surface area contributed by atoms with E-state index in [1.54, 1.807) is 6.07 Å². The first-order valence-corrected chi connectivity index (χ1v) is 5.19. The largest absolute Gasteiger partial charge is 0.508 e. The van der Waals surface area contributed by atoms with E-state index < -0.39 is 0 Å². The summed E-state index contributed by atoms with van der Waals surface area (Å²) in [5.74, 6) is 0.371. The number of phenols is 1. The lowest BCUT2D eigenvalue weighted by Gasteiger charge is -2.19. The minimum atomic E-state index is 0.200. The van der Waals surface area contributed by atoms with E-state index in [4.69, 9.17) is 0 Å². The number of aromatic hydroxyl groups is 1. The van der Waals surface area contributed by atoms with Crippen molar-refractivity contribution < 1.29 is 5.11 Å². The summed E-state index contributed by atoms with van der Waals surface area (Å²) in [6.45, 7) is 6.37. The molecule has 2 atom stereocenters. The topological polar surface area (TPSA) is 32.3 Å². The van der Waals surface area contributed by atoms with Crippen LogP contribution in [0.5, 0.6) is 5.75 Å². The number of phenolic OH excluding ortho intramolecular Hbond substituents is 1. The lowest BCUT2D eigenvalue weighted by atomic mass is 10.1.